The number of aromatic nitrogens is 1. The van der Waals surface area contributed by atoms with E-state index in [-0.39, 0.29) is 12.3 Å². The Kier molecular flexibility index (Phi) is 7.24. The van der Waals surface area contributed by atoms with Gasteiger partial charge in [0.05, 0.1) is 12.5 Å². The molecule has 10 heteroatoms. The zero-order valence-corrected chi connectivity index (χ0v) is 16.9. The van der Waals surface area contributed by atoms with Gasteiger partial charge < -0.3 is 31.1 Å². The molecule has 166 valence electrons. The monoisotopic (exact) mass is 430 g/mol. The Morgan fingerprint density at radius 3 is 2.52 bits per heavy atom. The van der Waals surface area contributed by atoms with Gasteiger partial charge in [0.15, 0.2) is 0 Å². The second-order valence-electron chi connectivity index (χ2n) is 7.62. The minimum Gasteiger partial charge on any atom is -0.481 e. The van der Waals surface area contributed by atoms with Crippen molar-refractivity contribution in [1.82, 2.24) is 20.9 Å². The first-order valence-corrected chi connectivity index (χ1v) is 10.2. The second-order valence-corrected chi connectivity index (χ2v) is 7.62. The number of rotatable bonds is 9. The summed E-state index contributed by atoms with van der Waals surface area (Å²) in [5.74, 6) is -3.90. The van der Waals surface area contributed by atoms with E-state index in [9.17, 15) is 24.3 Å². The smallest absolute Gasteiger partial charge is 0.326 e. The number of aromatic amines is 1. The van der Waals surface area contributed by atoms with Gasteiger partial charge in [-0.15, -0.1) is 0 Å². The molecule has 0 aliphatic carbocycles. The van der Waals surface area contributed by atoms with Crippen molar-refractivity contribution in [3.63, 3.8) is 0 Å². The van der Waals surface area contributed by atoms with Crippen LogP contribution in [0.15, 0.2) is 30.5 Å². The number of amides is 2. The van der Waals surface area contributed by atoms with Gasteiger partial charge in [0, 0.05) is 23.5 Å². The number of carbonyl (C=O) groups is 4. The van der Waals surface area contributed by atoms with E-state index in [2.05, 4.69) is 20.9 Å². The Bertz CT molecular complexity index is 966. The lowest BCUT2D eigenvalue weighted by atomic mass is 10.0. The predicted octanol–water partition coefficient (Wildman–Crippen LogP) is 0.381. The highest BCUT2D eigenvalue weighted by Crippen LogP contribution is 2.19. The van der Waals surface area contributed by atoms with Crippen molar-refractivity contribution >= 4 is 34.7 Å². The van der Waals surface area contributed by atoms with Gasteiger partial charge >= 0.3 is 11.9 Å². The van der Waals surface area contributed by atoms with Crippen LogP contribution in [0.2, 0.25) is 0 Å². The molecule has 6 N–H and O–H groups in total. The van der Waals surface area contributed by atoms with Crippen LogP contribution in [0.4, 0.5) is 0 Å². The van der Waals surface area contributed by atoms with Crippen LogP contribution in [0.5, 0.6) is 0 Å². The van der Waals surface area contributed by atoms with E-state index in [1.54, 1.807) is 6.20 Å². The van der Waals surface area contributed by atoms with Crippen molar-refractivity contribution in [2.24, 2.45) is 0 Å². The van der Waals surface area contributed by atoms with E-state index in [1.165, 1.54) is 0 Å². The van der Waals surface area contributed by atoms with Crippen LogP contribution >= 0.6 is 0 Å². The van der Waals surface area contributed by atoms with Crippen molar-refractivity contribution < 1.29 is 29.4 Å². The molecule has 1 aliphatic heterocycles. The summed E-state index contributed by atoms with van der Waals surface area (Å²) in [5, 5.41) is 27.2. The van der Waals surface area contributed by atoms with E-state index in [0.29, 0.717) is 13.0 Å². The summed E-state index contributed by atoms with van der Waals surface area (Å²) >= 11 is 0. The maximum Gasteiger partial charge on any atom is 0.326 e. The highest BCUT2D eigenvalue weighted by atomic mass is 16.4. The molecule has 0 bridgehead atoms. The van der Waals surface area contributed by atoms with Gasteiger partial charge in [0.1, 0.15) is 12.1 Å². The fraction of sp³-hybridized carbons (Fsp3) is 0.429. The maximum absolute atomic E-state index is 12.9. The number of hydrogen-bond donors (Lipinski definition) is 6. The molecule has 2 aromatic rings. The molecule has 0 radical (unpaired) electrons. The molecule has 31 heavy (non-hydrogen) atoms. The van der Waals surface area contributed by atoms with E-state index >= 15 is 0 Å². The number of nitrogens with one attached hydrogen (secondary N) is 4. The minimum atomic E-state index is -1.60. The third-order valence-electron chi connectivity index (χ3n) is 5.35. The van der Waals surface area contributed by atoms with Gasteiger partial charge in [0.2, 0.25) is 11.8 Å². The molecule has 1 saturated heterocycles. The maximum atomic E-state index is 12.9. The first kappa shape index (κ1) is 22.3. The first-order valence-electron chi connectivity index (χ1n) is 10.2. The number of benzene rings is 1. The number of piperidine rings is 1. The molecule has 3 atom stereocenters. The van der Waals surface area contributed by atoms with Crippen LogP contribution in [-0.2, 0) is 25.6 Å². The highest BCUT2D eigenvalue weighted by Gasteiger charge is 2.31. The lowest BCUT2D eigenvalue weighted by Gasteiger charge is -2.26. The van der Waals surface area contributed by atoms with Gasteiger partial charge in [-0.05, 0) is 31.0 Å². The van der Waals surface area contributed by atoms with Crippen LogP contribution in [0.1, 0.15) is 31.2 Å². The Hall–Kier alpha value is -3.40. The molecule has 2 amide bonds. The number of carboxylic acid groups (broad SMARTS) is 2. The van der Waals surface area contributed by atoms with Crippen LogP contribution in [-0.4, -0.2) is 63.6 Å². The molecule has 0 saturated carbocycles. The van der Waals surface area contributed by atoms with E-state index < -0.39 is 42.4 Å². The minimum absolute atomic E-state index is 0.119. The number of carboxylic acids is 2. The summed E-state index contributed by atoms with van der Waals surface area (Å²) < 4.78 is 0. The second kappa shape index (κ2) is 10.1. The fourth-order valence-corrected chi connectivity index (χ4v) is 3.72. The Labute approximate surface area is 178 Å². The van der Waals surface area contributed by atoms with E-state index in [0.717, 1.165) is 29.3 Å². The van der Waals surface area contributed by atoms with Crippen LogP contribution in [0, 0.1) is 0 Å². The quantitative estimate of drug-likeness (QED) is 0.335. The van der Waals surface area contributed by atoms with Gasteiger partial charge in [0.25, 0.3) is 0 Å². The summed E-state index contributed by atoms with van der Waals surface area (Å²) in [7, 11) is 0. The van der Waals surface area contributed by atoms with Crippen molar-refractivity contribution in [3.05, 3.63) is 36.0 Å². The SMILES string of the molecule is O=C(O)C[C@H](NC(=O)[C@H](Cc1c[nH]c2ccccc12)NC(=O)[C@@H]1CCCCN1)C(=O)O. The number of aliphatic carboxylic acids is 2. The Balaban J connectivity index is 1.80. The van der Waals surface area contributed by atoms with Crippen molar-refractivity contribution in [2.45, 2.75) is 50.2 Å². The third kappa shape index (κ3) is 5.82. The number of para-hydroxylation sites is 1. The van der Waals surface area contributed by atoms with Crippen LogP contribution in [0.3, 0.4) is 0 Å². The fourth-order valence-electron chi connectivity index (χ4n) is 3.72. The molecular formula is C21H26N4O6. The first-order chi connectivity index (χ1) is 14.8. The number of hydrogen-bond acceptors (Lipinski definition) is 5. The normalized spacial score (nSPS) is 18.1. The summed E-state index contributed by atoms with van der Waals surface area (Å²) in [6.07, 6.45) is 3.60. The summed E-state index contributed by atoms with van der Waals surface area (Å²) in [4.78, 5) is 51.1. The number of carbonyl (C=O) groups excluding carboxylic acids is 2. The average Bonchev–Trinajstić information content (AvgIpc) is 3.16. The van der Waals surface area contributed by atoms with E-state index in [1.807, 2.05) is 24.3 Å². The molecule has 1 fully saturated rings. The molecular weight excluding hydrogens is 404 g/mol. The largest absolute Gasteiger partial charge is 0.481 e. The molecule has 2 heterocycles. The van der Waals surface area contributed by atoms with Crippen molar-refractivity contribution in [1.29, 1.82) is 0 Å². The Morgan fingerprint density at radius 1 is 1.06 bits per heavy atom. The topological polar surface area (TPSA) is 161 Å². The predicted molar refractivity (Wildman–Crippen MR) is 111 cm³/mol. The molecule has 0 unspecified atom stereocenters. The molecule has 0 spiro atoms. The standard InChI is InChI=1S/C21H26N4O6/c26-18(27)10-17(21(30)31)25-20(29)16(24-19(28)15-7-3-4-8-22-15)9-12-11-23-14-6-2-1-5-13(12)14/h1-2,5-6,11,15-17,22-23H,3-4,7-10H2,(H,24,28)(H,25,29)(H,26,27)(H,30,31)/t15-,16-,17-/m0/s1. The van der Waals surface area contributed by atoms with Crippen molar-refractivity contribution in [2.75, 3.05) is 6.54 Å². The molecule has 1 aliphatic rings. The molecule has 1 aromatic carbocycles. The van der Waals surface area contributed by atoms with Gasteiger partial charge in [-0.2, -0.15) is 0 Å². The number of H-pyrrole nitrogens is 1. The molecule has 3 rings (SSSR count). The third-order valence-corrected chi connectivity index (χ3v) is 5.35. The number of fused-ring (bicyclic) bond motifs is 1. The van der Waals surface area contributed by atoms with Gasteiger partial charge in [-0.25, -0.2) is 4.79 Å². The van der Waals surface area contributed by atoms with Gasteiger partial charge in [-0.1, -0.05) is 24.6 Å². The average molecular weight is 430 g/mol. The van der Waals surface area contributed by atoms with Crippen LogP contribution < -0.4 is 16.0 Å². The summed E-state index contributed by atoms with van der Waals surface area (Å²) in [5.41, 5.74) is 1.64. The zero-order chi connectivity index (χ0) is 22.4. The summed E-state index contributed by atoms with van der Waals surface area (Å²) in [6, 6.07) is 4.39. The van der Waals surface area contributed by atoms with Gasteiger partial charge in [-0.3, -0.25) is 14.4 Å². The molecule has 10 nitrogen and oxygen atoms in total. The zero-order valence-electron chi connectivity index (χ0n) is 16.9. The Morgan fingerprint density at radius 2 is 1.84 bits per heavy atom. The molecule has 1 aromatic heterocycles. The lowest BCUT2D eigenvalue weighted by Crippen LogP contribution is -2.56. The van der Waals surface area contributed by atoms with Crippen molar-refractivity contribution in [3.8, 4) is 0 Å². The summed E-state index contributed by atoms with van der Waals surface area (Å²) in [6.45, 7) is 0.705. The lowest BCUT2D eigenvalue weighted by molar-refractivity contribution is -0.147. The van der Waals surface area contributed by atoms with Crippen LogP contribution in [0.25, 0.3) is 10.9 Å². The highest BCUT2D eigenvalue weighted by molar-refractivity contribution is 5.93. The van der Waals surface area contributed by atoms with E-state index in [4.69, 9.17) is 5.11 Å².